The van der Waals surface area contributed by atoms with Gasteiger partial charge in [-0.3, -0.25) is 14.7 Å². The van der Waals surface area contributed by atoms with Crippen LogP contribution in [-0.4, -0.2) is 61.1 Å². The van der Waals surface area contributed by atoms with Crippen LogP contribution in [0.1, 0.15) is 31.7 Å². The van der Waals surface area contributed by atoms with Gasteiger partial charge < -0.3 is 21.1 Å². The van der Waals surface area contributed by atoms with Crippen molar-refractivity contribution in [2.45, 2.75) is 38.8 Å². The van der Waals surface area contributed by atoms with Gasteiger partial charge in [0.15, 0.2) is 17.5 Å². The number of carbonyl (C=O) groups excluding carboxylic acids is 1. The highest BCUT2D eigenvalue weighted by Gasteiger charge is 2.21. The number of aromatic hydroxyl groups is 1. The van der Waals surface area contributed by atoms with Crippen molar-refractivity contribution in [2.24, 2.45) is 4.99 Å². The fraction of sp³-hybridized carbons (Fsp3) is 0.579. The predicted octanol–water partition coefficient (Wildman–Crippen LogP) is 1.19. The molecular weight excluding hydrogens is 349 g/mol. The maximum atomic E-state index is 13.4. The molecule has 0 radical (unpaired) electrons. The Labute approximate surface area is 160 Å². The second kappa shape index (κ2) is 10.7. The topological polar surface area (TPSA) is 89.0 Å². The van der Waals surface area contributed by atoms with Gasteiger partial charge in [-0.15, -0.1) is 0 Å². The number of nitrogens with zero attached hydrogens (tertiary/aromatic N) is 2. The molecular formula is C19H30FN5O2. The van der Waals surface area contributed by atoms with Crippen molar-refractivity contribution in [1.29, 1.82) is 0 Å². The van der Waals surface area contributed by atoms with E-state index in [9.17, 15) is 14.3 Å². The Balaban J connectivity index is 1.72. The first kappa shape index (κ1) is 21.0. The molecule has 1 aliphatic heterocycles. The van der Waals surface area contributed by atoms with Gasteiger partial charge in [-0.2, -0.15) is 0 Å². The molecule has 1 saturated heterocycles. The molecule has 4 N–H and O–H groups in total. The molecule has 1 aliphatic rings. The number of hydrogen-bond acceptors (Lipinski definition) is 4. The fourth-order valence-electron chi connectivity index (χ4n) is 2.99. The van der Waals surface area contributed by atoms with Crippen LogP contribution in [0.3, 0.4) is 0 Å². The molecule has 0 bridgehead atoms. The standard InChI is InChI=1S/C19H30FN5O2/c1-3-8-22-18(27)13-25-9-6-15(7-10-25)24-19(21-2)23-12-14-4-5-17(26)16(20)11-14/h4-5,11,15,26H,3,6-10,12-13H2,1-2H3,(H,22,27)(H2,21,23,24). The van der Waals surface area contributed by atoms with E-state index in [1.807, 2.05) is 6.92 Å². The number of rotatable bonds is 7. The van der Waals surface area contributed by atoms with Gasteiger partial charge >= 0.3 is 0 Å². The summed E-state index contributed by atoms with van der Waals surface area (Å²) in [5.74, 6) is -0.242. The third-order valence-corrected chi connectivity index (χ3v) is 4.56. The molecule has 7 nitrogen and oxygen atoms in total. The molecule has 27 heavy (non-hydrogen) atoms. The first-order valence-corrected chi connectivity index (χ1v) is 9.45. The number of aliphatic imine (C=N–C) groups is 1. The minimum absolute atomic E-state index is 0.0851. The molecule has 0 spiro atoms. The Bertz CT molecular complexity index is 645. The van der Waals surface area contributed by atoms with E-state index in [0.29, 0.717) is 19.0 Å². The summed E-state index contributed by atoms with van der Waals surface area (Å²) in [6, 6.07) is 4.59. The van der Waals surface area contributed by atoms with E-state index in [0.717, 1.165) is 44.5 Å². The lowest BCUT2D eigenvalue weighted by Crippen LogP contribution is -2.50. The van der Waals surface area contributed by atoms with Gasteiger partial charge in [-0.05, 0) is 37.0 Å². The number of amides is 1. The molecule has 150 valence electrons. The molecule has 1 aromatic carbocycles. The number of hydrogen-bond donors (Lipinski definition) is 4. The van der Waals surface area contributed by atoms with Crippen LogP contribution >= 0.6 is 0 Å². The molecule has 0 aromatic heterocycles. The normalized spacial score (nSPS) is 16.2. The quantitative estimate of drug-likeness (QED) is 0.422. The summed E-state index contributed by atoms with van der Waals surface area (Å²) >= 11 is 0. The van der Waals surface area contributed by atoms with Crippen LogP contribution in [-0.2, 0) is 11.3 Å². The molecule has 1 amide bonds. The Morgan fingerprint density at radius 1 is 1.33 bits per heavy atom. The predicted molar refractivity (Wildman–Crippen MR) is 104 cm³/mol. The smallest absolute Gasteiger partial charge is 0.234 e. The van der Waals surface area contributed by atoms with Gasteiger partial charge in [0, 0.05) is 39.3 Å². The van der Waals surface area contributed by atoms with E-state index in [2.05, 4.69) is 25.8 Å². The first-order valence-electron chi connectivity index (χ1n) is 9.45. The molecule has 1 fully saturated rings. The van der Waals surface area contributed by atoms with E-state index in [-0.39, 0.29) is 17.7 Å². The number of nitrogens with one attached hydrogen (secondary N) is 3. The fourth-order valence-corrected chi connectivity index (χ4v) is 2.99. The van der Waals surface area contributed by atoms with Crippen LogP contribution in [0.2, 0.25) is 0 Å². The summed E-state index contributed by atoms with van der Waals surface area (Å²) in [7, 11) is 1.69. The lowest BCUT2D eigenvalue weighted by atomic mass is 10.1. The summed E-state index contributed by atoms with van der Waals surface area (Å²) in [4.78, 5) is 18.2. The number of likely N-dealkylation sites (tertiary alicyclic amines) is 1. The average Bonchev–Trinajstić information content (AvgIpc) is 2.67. The Morgan fingerprint density at radius 3 is 2.70 bits per heavy atom. The molecule has 1 aromatic rings. The second-order valence-corrected chi connectivity index (χ2v) is 6.76. The van der Waals surface area contributed by atoms with Crippen molar-refractivity contribution >= 4 is 11.9 Å². The molecule has 0 unspecified atom stereocenters. The zero-order valence-corrected chi connectivity index (χ0v) is 16.1. The first-order chi connectivity index (χ1) is 13.0. The number of phenolic OH excluding ortho intramolecular Hbond substituents is 1. The number of phenols is 1. The van der Waals surface area contributed by atoms with Gasteiger partial charge in [0.1, 0.15) is 0 Å². The minimum Gasteiger partial charge on any atom is -0.505 e. The second-order valence-electron chi connectivity index (χ2n) is 6.76. The molecule has 0 atom stereocenters. The van der Waals surface area contributed by atoms with Crippen molar-refractivity contribution in [1.82, 2.24) is 20.9 Å². The van der Waals surface area contributed by atoms with Gasteiger partial charge in [-0.25, -0.2) is 4.39 Å². The third-order valence-electron chi connectivity index (χ3n) is 4.56. The van der Waals surface area contributed by atoms with Crippen LogP contribution in [0.4, 0.5) is 4.39 Å². The monoisotopic (exact) mass is 379 g/mol. The van der Waals surface area contributed by atoms with Gasteiger partial charge in [0.05, 0.1) is 6.54 Å². The molecule has 0 aliphatic carbocycles. The van der Waals surface area contributed by atoms with Crippen molar-refractivity contribution in [2.75, 3.05) is 33.2 Å². The number of guanidine groups is 1. The minimum atomic E-state index is -0.632. The van der Waals surface area contributed by atoms with Gasteiger partial charge in [0.25, 0.3) is 0 Å². The molecule has 8 heteroatoms. The summed E-state index contributed by atoms with van der Waals surface area (Å²) in [5, 5.41) is 18.7. The molecule has 2 rings (SSSR count). The maximum Gasteiger partial charge on any atom is 0.234 e. The van der Waals surface area contributed by atoms with E-state index < -0.39 is 5.82 Å². The zero-order valence-electron chi connectivity index (χ0n) is 16.1. The van der Waals surface area contributed by atoms with Crippen molar-refractivity contribution in [3.63, 3.8) is 0 Å². The van der Waals surface area contributed by atoms with Crippen LogP contribution in [0, 0.1) is 5.82 Å². The van der Waals surface area contributed by atoms with E-state index in [4.69, 9.17) is 0 Å². The van der Waals surface area contributed by atoms with E-state index >= 15 is 0 Å². The number of halogens is 1. The average molecular weight is 379 g/mol. The third kappa shape index (κ3) is 7.05. The highest BCUT2D eigenvalue weighted by Crippen LogP contribution is 2.16. The molecule has 0 saturated carbocycles. The lowest BCUT2D eigenvalue weighted by molar-refractivity contribution is -0.122. The van der Waals surface area contributed by atoms with Crippen LogP contribution in [0.15, 0.2) is 23.2 Å². The number of piperidine rings is 1. The Hall–Kier alpha value is -2.35. The zero-order chi connectivity index (χ0) is 19.6. The summed E-state index contributed by atoms with van der Waals surface area (Å²) in [6.07, 6.45) is 2.80. The van der Waals surface area contributed by atoms with Crippen molar-refractivity contribution in [3.05, 3.63) is 29.6 Å². The number of carbonyl (C=O) groups is 1. The van der Waals surface area contributed by atoms with E-state index in [1.165, 1.54) is 12.1 Å². The van der Waals surface area contributed by atoms with Crippen molar-refractivity contribution < 1.29 is 14.3 Å². The maximum absolute atomic E-state index is 13.4. The van der Waals surface area contributed by atoms with Crippen LogP contribution in [0.25, 0.3) is 0 Å². The largest absolute Gasteiger partial charge is 0.505 e. The number of benzene rings is 1. The Kier molecular flexibility index (Phi) is 8.32. The highest BCUT2D eigenvalue weighted by molar-refractivity contribution is 5.80. The summed E-state index contributed by atoms with van der Waals surface area (Å²) < 4.78 is 13.4. The molecule has 1 heterocycles. The summed E-state index contributed by atoms with van der Waals surface area (Å²) in [6.45, 7) is 5.34. The summed E-state index contributed by atoms with van der Waals surface area (Å²) in [5.41, 5.74) is 0.723. The van der Waals surface area contributed by atoms with Crippen LogP contribution in [0.5, 0.6) is 5.75 Å². The highest BCUT2D eigenvalue weighted by atomic mass is 19.1. The van der Waals surface area contributed by atoms with Crippen molar-refractivity contribution in [3.8, 4) is 5.75 Å². The SMILES string of the molecule is CCCNC(=O)CN1CCC(NC(=NC)NCc2ccc(O)c(F)c2)CC1. The lowest BCUT2D eigenvalue weighted by Gasteiger charge is -2.32. The Morgan fingerprint density at radius 2 is 2.07 bits per heavy atom. The van der Waals surface area contributed by atoms with Gasteiger partial charge in [0.2, 0.25) is 5.91 Å². The van der Waals surface area contributed by atoms with Crippen LogP contribution < -0.4 is 16.0 Å². The van der Waals surface area contributed by atoms with Gasteiger partial charge in [-0.1, -0.05) is 13.0 Å². The van der Waals surface area contributed by atoms with E-state index in [1.54, 1.807) is 13.1 Å².